The molecule has 1 fully saturated rings. The third-order valence-corrected chi connectivity index (χ3v) is 6.00. The van der Waals surface area contributed by atoms with E-state index in [1.54, 1.807) is 6.07 Å². The minimum Gasteiger partial charge on any atom is -0.338 e. The number of aryl methyl sites for hydroxylation is 3. The molecule has 1 amide bonds. The second-order valence-corrected chi connectivity index (χ2v) is 8.16. The lowest BCUT2D eigenvalue weighted by Crippen LogP contribution is -2.41. The Hall–Kier alpha value is -3.17. The largest absolute Gasteiger partial charge is 0.417 e. The SMILES string of the molecule is CCc1[nH]c(=O)c(C(=O)N2CCC[C@@H](c3cc(C(F)(F)F)c4c(C)noc4n3)C2)cc1C. The van der Waals surface area contributed by atoms with Crippen LogP contribution in [0.5, 0.6) is 0 Å². The quantitative estimate of drug-likeness (QED) is 0.651. The molecule has 3 aromatic rings. The maximum absolute atomic E-state index is 13.7. The van der Waals surface area contributed by atoms with Crippen LogP contribution in [0.25, 0.3) is 11.1 Å². The van der Waals surface area contributed by atoms with Crippen LogP contribution in [-0.2, 0) is 12.6 Å². The van der Waals surface area contributed by atoms with Gasteiger partial charge in [0.1, 0.15) is 5.56 Å². The van der Waals surface area contributed by atoms with E-state index in [0.717, 1.165) is 17.3 Å². The first-order valence-corrected chi connectivity index (χ1v) is 10.5. The van der Waals surface area contributed by atoms with Gasteiger partial charge in [-0.2, -0.15) is 13.2 Å². The Morgan fingerprint density at radius 1 is 1.31 bits per heavy atom. The van der Waals surface area contributed by atoms with Crippen molar-refractivity contribution < 1.29 is 22.5 Å². The number of aromatic nitrogens is 3. The molecule has 0 radical (unpaired) electrons. The lowest BCUT2D eigenvalue weighted by molar-refractivity contribution is -0.136. The molecule has 0 saturated carbocycles. The molecule has 1 atom stereocenters. The van der Waals surface area contributed by atoms with E-state index in [9.17, 15) is 22.8 Å². The number of pyridine rings is 2. The number of amides is 1. The van der Waals surface area contributed by atoms with Crippen LogP contribution in [0.1, 0.15) is 64.2 Å². The highest BCUT2D eigenvalue weighted by Gasteiger charge is 2.37. The number of H-pyrrole nitrogens is 1. The smallest absolute Gasteiger partial charge is 0.338 e. The van der Waals surface area contributed by atoms with Gasteiger partial charge in [-0.15, -0.1) is 0 Å². The zero-order valence-corrected chi connectivity index (χ0v) is 18.0. The molecule has 1 aliphatic rings. The molecule has 0 unspecified atom stereocenters. The van der Waals surface area contributed by atoms with Crippen molar-refractivity contribution in [3.05, 3.63) is 56.3 Å². The fourth-order valence-electron chi connectivity index (χ4n) is 4.32. The van der Waals surface area contributed by atoms with E-state index in [0.29, 0.717) is 25.8 Å². The number of carbonyl (C=O) groups is 1. The average molecular weight is 448 g/mol. The molecule has 1 N–H and O–H groups in total. The first kappa shape index (κ1) is 22.0. The predicted molar refractivity (Wildman–Crippen MR) is 111 cm³/mol. The number of hydrogen-bond donors (Lipinski definition) is 1. The van der Waals surface area contributed by atoms with Crippen LogP contribution in [-0.4, -0.2) is 39.0 Å². The van der Waals surface area contributed by atoms with Gasteiger partial charge in [0.15, 0.2) is 0 Å². The number of likely N-dealkylation sites (tertiary alicyclic amines) is 1. The van der Waals surface area contributed by atoms with E-state index in [-0.39, 0.29) is 34.6 Å². The summed E-state index contributed by atoms with van der Waals surface area (Å²) in [5, 5.41) is 3.48. The molecule has 10 heteroatoms. The van der Waals surface area contributed by atoms with Gasteiger partial charge in [-0.25, -0.2) is 4.98 Å². The Labute approximate surface area is 181 Å². The highest BCUT2D eigenvalue weighted by molar-refractivity contribution is 5.94. The van der Waals surface area contributed by atoms with Gasteiger partial charge in [0, 0.05) is 24.7 Å². The van der Waals surface area contributed by atoms with Crippen molar-refractivity contribution in [2.45, 2.75) is 52.1 Å². The van der Waals surface area contributed by atoms with E-state index in [1.807, 2.05) is 13.8 Å². The van der Waals surface area contributed by atoms with Gasteiger partial charge in [-0.05, 0) is 50.8 Å². The molecule has 4 heterocycles. The maximum atomic E-state index is 13.7. The van der Waals surface area contributed by atoms with E-state index in [4.69, 9.17) is 4.52 Å². The van der Waals surface area contributed by atoms with Gasteiger partial charge in [0.2, 0.25) is 0 Å². The van der Waals surface area contributed by atoms with Crippen LogP contribution in [0.3, 0.4) is 0 Å². The van der Waals surface area contributed by atoms with Gasteiger partial charge in [-0.3, -0.25) is 9.59 Å². The van der Waals surface area contributed by atoms with Crippen LogP contribution in [0.15, 0.2) is 21.5 Å². The topological polar surface area (TPSA) is 92.1 Å². The summed E-state index contributed by atoms with van der Waals surface area (Å²) in [6, 6.07) is 2.60. The normalized spacial score (nSPS) is 17.2. The molecular weight excluding hydrogens is 425 g/mol. The van der Waals surface area contributed by atoms with Gasteiger partial charge in [0.05, 0.1) is 22.3 Å². The summed E-state index contributed by atoms with van der Waals surface area (Å²) >= 11 is 0. The van der Waals surface area contributed by atoms with Gasteiger partial charge in [0.25, 0.3) is 17.2 Å². The molecule has 0 spiro atoms. The molecule has 1 saturated heterocycles. The minimum absolute atomic E-state index is 0.0330. The van der Waals surface area contributed by atoms with Crippen molar-refractivity contribution in [3.8, 4) is 0 Å². The summed E-state index contributed by atoms with van der Waals surface area (Å²) in [7, 11) is 0. The molecule has 0 bridgehead atoms. The van der Waals surface area contributed by atoms with Crippen LogP contribution >= 0.6 is 0 Å². The Balaban J connectivity index is 1.67. The highest BCUT2D eigenvalue weighted by atomic mass is 19.4. The number of alkyl halides is 3. The summed E-state index contributed by atoms with van der Waals surface area (Å²) in [6.07, 6.45) is -2.81. The van der Waals surface area contributed by atoms with E-state index < -0.39 is 29.1 Å². The maximum Gasteiger partial charge on any atom is 0.417 e. The molecule has 7 nitrogen and oxygen atoms in total. The monoisotopic (exact) mass is 448 g/mol. The number of halogens is 3. The molecule has 32 heavy (non-hydrogen) atoms. The Kier molecular flexibility index (Phi) is 5.56. The third kappa shape index (κ3) is 3.89. The van der Waals surface area contributed by atoms with Crippen molar-refractivity contribution in [1.82, 2.24) is 20.0 Å². The minimum atomic E-state index is -4.59. The number of fused-ring (bicyclic) bond motifs is 1. The summed E-state index contributed by atoms with van der Waals surface area (Å²) in [4.78, 5) is 34.0. The summed E-state index contributed by atoms with van der Waals surface area (Å²) in [5.41, 5.74) is 0.456. The first-order chi connectivity index (χ1) is 15.1. The van der Waals surface area contributed by atoms with Crippen molar-refractivity contribution in [3.63, 3.8) is 0 Å². The predicted octanol–water partition coefficient (Wildman–Crippen LogP) is 4.13. The van der Waals surface area contributed by atoms with Crippen molar-refractivity contribution >= 4 is 17.0 Å². The Bertz CT molecular complexity index is 1250. The van der Waals surface area contributed by atoms with Gasteiger partial charge < -0.3 is 14.4 Å². The van der Waals surface area contributed by atoms with Crippen LogP contribution < -0.4 is 5.56 Å². The molecule has 0 aliphatic carbocycles. The van der Waals surface area contributed by atoms with Gasteiger partial charge >= 0.3 is 6.18 Å². The number of aromatic amines is 1. The first-order valence-electron chi connectivity index (χ1n) is 10.5. The fraction of sp³-hybridized carbons (Fsp3) is 0.455. The van der Waals surface area contributed by atoms with Crippen LogP contribution in [0.4, 0.5) is 13.2 Å². The molecule has 1 aliphatic heterocycles. The molecular formula is C22H23F3N4O3. The Morgan fingerprint density at radius 2 is 2.06 bits per heavy atom. The Morgan fingerprint density at radius 3 is 2.75 bits per heavy atom. The zero-order chi connectivity index (χ0) is 23.2. The number of carbonyl (C=O) groups excluding carboxylic acids is 1. The van der Waals surface area contributed by atoms with E-state index in [1.165, 1.54) is 11.8 Å². The highest BCUT2D eigenvalue weighted by Crippen LogP contribution is 2.38. The van der Waals surface area contributed by atoms with Gasteiger partial charge in [-0.1, -0.05) is 12.1 Å². The number of piperidine rings is 1. The summed E-state index contributed by atoms with van der Waals surface area (Å²) in [6.45, 7) is 5.74. The van der Waals surface area contributed by atoms with Crippen LogP contribution in [0, 0.1) is 13.8 Å². The molecule has 170 valence electrons. The van der Waals surface area contributed by atoms with E-state index >= 15 is 0 Å². The number of hydrogen-bond acceptors (Lipinski definition) is 5. The molecule has 3 aromatic heterocycles. The average Bonchev–Trinajstić information content (AvgIpc) is 3.14. The van der Waals surface area contributed by atoms with Crippen molar-refractivity contribution in [1.29, 1.82) is 0 Å². The molecule has 4 rings (SSSR count). The van der Waals surface area contributed by atoms with E-state index in [2.05, 4.69) is 15.1 Å². The number of rotatable bonds is 3. The van der Waals surface area contributed by atoms with Crippen molar-refractivity contribution in [2.75, 3.05) is 13.1 Å². The summed E-state index contributed by atoms with van der Waals surface area (Å²) in [5.74, 6) is -0.854. The van der Waals surface area contributed by atoms with Crippen LogP contribution in [0.2, 0.25) is 0 Å². The fourth-order valence-corrected chi connectivity index (χ4v) is 4.32. The summed E-state index contributed by atoms with van der Waals surface area (Å²) < 4.78 is 46.1. The third-order valence-electron chi connectivity index (χ3n) is 6.00. The second kappa shape index (κ2) is 8.07. The van der Waals surface area contributed by atoms with Crippen molar-refractivity contribution in [2.24, 2.45) is 0 Å². The second-order valence-electron chi connectivity index (χ2n) is 8.16. The molecule has 0 aromatic carbocycles. The lowest BCUT2D eigenvalue weighted by atomic mass is 9.92. The number of nitrogens with zero attached hydrogens (tertiary/aromatic N) is 3. The zero-order valence-electron chi connectivity index (χ0n) is 18.0. The lowest BCUT2D eigenvalue weighted by Gasteiger charge is -2.32. The number of nitrogens with one attached hydrogen (secondary N) is 1. The standard InChI is InChI=1S/C22H23F3N4O3/c1-4-16-11(2)8-14(19(30)26-16)21(31)29-7-5-6-13(10-29)17-9-15(22(23,24)25)18-12(3)28-32-20(18)27-17/h8-9,13H,4-7,10H2,1-3H3,(H,26,30)/t13-/m1/s1.